The van der Waals surface area contributed by atoms with E-state index in [4.69, 9.17) is 40.1 Å². The van der Waals surface area contributed by atoms with Gasteiger partial charge in [0.1, 0.15) is 0 Å². The zero-order valence-corrected chi connectivity index (χ0v) is 14.9. The molecule has 2 aromatic rings. The Balaban J connectivity index is 2.30. The van der Waals surface area contributed by atoms with Crippen molar-refractivity contribution >= 4 is 58.3 Å². The summed E-state index contributed by atoms with van der Waals surface area (Å²) in [5.41, 5.74) is 0.955. The van der Waals surface area contributed by atoms with Gasteiger partial charge < -0.3 is 10.6 Å². The van der Waals surface area contributed by atoms with E-state index in [0.717, 1.165) is 4.90 Å². The Morgan fingerprint density at radius 1 is 1.13 bits per heavy atom. The number of hydrogen-bond donors (Lipinski definition) is 2. The summed E-state index contributed by atoms with van der Waals surface area (Å²) in [6.07, 6.45) is 0. The number of anilines is 1. The van der Waals surface area contributed by atoms with Gasteiger partial charge in [0.25, 0.3) is 0 Å². The molecule has 0 aliphatic rings. The van der Waals surface area contributed by atoms with Crippen LogP contribution in [0.15, 0.2) is 40.1 Å². The van der Waals surface area contributed by atoms with Crippen LogP contribution in [0.1, 0.15) is 5.56 Å². The van der Waals surface area contributed by atoms with E-state index in [0.29, 0.717) is 31.2 Å². The summed E-state index contributed by atoms with van der Waals surface area (Å²) in [5, 5.41) is 15.1. The minimum absolute atomic E-state index is 0.368. The van der Waals surface area contributed by atoms with Crippen molar-refractivity contribution in [2.45, 2.75) is 9.79 Å². The number of amides is 2. The molecular formula is C15H10Cl3N3OS. The molecule has 0 atom stereocenters. The standard InChI is InChI=1S/C15H10Cl3N3OS/c1-20-15(22)21-9-5-11(17)14(12(18)6-9)23-13-3-2-8(7-19)4-10(13)16/h2-6H,1H3,(H2,20,21,22). The van der Waals surface area contributed by atoms with Crippen LogP contribution in [0.25, 0.3) is 0 Å². The summed E-state index contributed by atoms with van der Waals surface area (Å²) < 4.78 is 0. The number of rotatable bonds is 3. The topological polar surface area (TPSA) is 64.9 Å². The van der Waals surface area contributed by atoms with Crippen LogP contribution in [0.5, 0.6) is 0 Å². The number of carbonyl (C=O) groups excluding carboxylic acids is 1. The van der Waals surface area contributed by atoms with Crippen molar-refractivity contribution in [3.63, 3.8) is 0 Å². The van der Waals surface area contributed by atoms with Gasteiger partial charge in [-0.15, -0.1) is 0 Å². The first-order chi connectivity index (χ1) is 10.9. The maximum absolute atomic E-state index is 11.3. The van der Waals surface area contributed by atoms with Crippen molar-refractivity contribution in [2.24, 2.45) is 0 Å². The maximum Gasteiger partial charge on any atom is 0.318 e. The van der Waals surface area contributed by atoms with Gasteiger partial charge in [-0.3, -0.25) is 0 Å². The normalized spacial score (nSPS) is 10.0. The second kappa shape index (κ2) is 7.80. The number of hydrogen-bond acceptors (Lipinski definition) is 3. The molecule has 0 spiro atoms. The van der Waals surface area contributed by atoms with Crippen LogP contribution >= 0.6 is 46.6 Å². The van der Waals surface area contributed by atoms with E-state index in [1.54, 1.807) is 30.3 Å². The van der Waals surface area contributed by atoms with Gasteiger partial charge in [0, 0.05) is 22.5 Å². The average Bonchev–Trinajstić information content (AvgIpc) is 2.51. The van der Waals surface area contributed by atoms with E-state index in [-0.39, 0.29) is 6.03 Å². The van der Waals surface area contributed by atoms with E-state index in [1.165, 1.54) is 18.8 Å². The molecule has 118 valence electrons. The predicted molar refractivity (Wildman–Crippen MR) is 94.8 cm³/mol. The molecule has 2 amide bonds. The van der Waals surface area contributed by atoms with Crippen molar-refractivity contribution in [1.29, 1.82) is 5.26 Å². The third-order valence-corrected chi connectivity index (χ3v) is 5.22. The van der Waals surface area contributed by atoms with Crippen LogP contribution in [0, 0.1) is 11.3 Å². The summed E-state index contributed by atoms with van der Waals surface area (Å²) in [4.78, 5) is 12.7. The van der Waals surface area contributed by atoms with E-state index in [9.17, 15) is 4.79 Å². The molecule has 0 aromatic heterocycles. The van der Waals surface area contributed by atoms with Gasteiger partial charge in [0.15, 0.2) is 0 Å². The molecule has 2 aromatic carbocycles. The van der Waals surface area contributed by atoms with Crippen molar-refractivity contribution < 1.29 is 4.79 Å². The Labute approximate surface area is 152 Å². The second-order valence-corrected chi connectivity index (χ2v) is 6.61. The molecule has 2 N–H and O–H groups in total. The van der Waals surface area contributed by atoms with E-state index in [1.807, 2.05) is 6.07 Å². The van der Waals surface area contributed by atoms with Gasteiger partial charge in [-0.05, 0) is 30.3 Å². The first kappa shape index (κ1) is 17.8. The molecule has 4 nitrogen and oxygen atoms in total. The average molecular weight is 387 g/mol. The predicted octanol–water partition coefficient (Wildman–Crippen LogP) is 5.42. The SMILES string of the molecule is CNC(=O)Nc1cc(Cl)c(Sc2ccc(C#N)cc2Cl)c(Cl)c1. The largest absolute Gasteiger partial charge is 0.341 e. The van der Waals surface area contributed by atoms with Crippen LogP contribution in [0.2, 0.25) is 15.1 Å². The summed E-state index contributed by atoms with van der Waals surface area (Å²) >= 11 is 19.9. The molecule has 0 saturated heterocycles. The Morgan fingerprint density at radius 3 is 2.30 bits per heavy atom. The molecule has 0 unspecified atom stereocenters. The highest BCUT2D eigenvalue weighted by Crippen LogP contribution is 2.42. The maximum atomic E-state index is 11.3. The van der Waals surface area contributed by atoms with Gasteiger partial charge in [-0.2, -0.15) is 5.26 Å². The van der Waals surface area contributed by atoms with Crippen LogP contribution in [0.3, 0.4) is 0 Å². The van der Waals surface area contributed by atoms with Crippen LogP contribution < -0.4 is 10.6 Å². The van der Waals surface area contributed by atoms with Crippen molar-refractivity contribution in [3.05, 3.63) is 51.0 Å². The lowest BCUT2D eigenvalue weighted by molar-refractivity contribution is 0.254. The van der Waals surface area contributed by atoms with Gasteiger partial charge >= 0.3 is 6.03 Å². The molecule has 0 bridgehead atoms. The molecule has 0 heterocycles. The third kappa shape index (κ3) is 4.46. The Morgan fingerprint density at radius 2 is 1.78 bits per heavy atom. The minimum Gasteiger partial charge on any atom is -0.341 e. The van der Waals surface area contributed by atoms with Gasteiger partial charge in [0.2, 0.25) is 0 Å². The number of benzene rings is 2. The number of nitriles is 1. The number of nitrogens with one attached hydrogen (secondary N) is 2. The highest BCUT2D eigenvalue weighted by Gasteiger charge is 2.13. The quantitative estimate of drug-likeness (QED) is 0.740. The second-order valence-electron chi connectivity index (χ2n) is 4.33. The van der Waals surface area contributed by atoms with Gasteiger partial charge in [-0.1, -0.05) is 46.6 Å². The van der Waals surface area contributed by atoms with Crippen LogP contribution in [0.4, 0.5) is 10.5 Å². The molecule has 0 aliphatic carbocycles. The minimum atomic E-state index is -0.368. The summed E-state index contributed by atoms with van der Waals surface area (Å²) in [5.74, 6) is 0. The lowest BCUT2D eigenvalue weighted by atomic mass is 10.2. The summed E-state index contributed by atoms with van der Waals surface area (Å²) in [6, 6.07) is 9.82. The Bertz CT molecular complexity index is 782. The smallest absolute Gasteiger partial charge is 0.318 e. The fourth-order valence-electron chi connectivity index (χ4n) is 1.69. The van der Waals surface area contributed by atoms with Crippen molar-refractivity contribution in [2.75, 3.05) is 12.4 Å². The Hall–Kier alpha value is -1.58. The van der Waals surface area contributed by atoms with Crippen molar-refractivity contribution in [1.82, 2.24) is 5.32 Å². The third-order valence-electron chi connectivity index (χ3n) is 2.76. The van der Waals surface area contributed by atoms with Crippen molar-refractivity contribution in [3.8, 4) is 6.07 Å². The lowest BCUT2D eigenvalue weighted by Crippen LogP contribution is -2.24. The fraction of sp³-hybridized carbons (Fsp3) is 0.0667. The number of urea groups is 1. The summed E-state index contributed by atoms with van der Waals surface area (Å²) in [6.45, 7) is 0. The molecular weight excluding hydrogens is 377 g/mol. The molecule has 2 rings (SSSR count). The monoisotopic (exact) mass is 385 g/mol. The number of carbonyl (C=O) groups is 1. The first-order valence-electron chi connectivity index (χ1n) is 6.30. The first-order valence-corrected chi connectivity index (χ1v) is 8.25. The zero-order valence-electron chi connectivity index (χ0n) is 11.8. The zero-order chi connectivity index (χ0) is 17.0. The van der Waals surface area contributed by atoms with Crippen LogP contribution in [-0.4, -0.2) is 13.1 Å². The molecule has 23 heavy (non-hydrogen) atoms. The van der Waals surface area contributed by atoms with Gasteiger partial charge in [-0.25, -0.2) is 4.79 Å². The molecule has 0 radical (unpaired) electrons. The van der Waals surface area contributed by atoms with E-state index in [2.05, 4.69) is 10.6 Å². The van der Waals surface area contributed by atoms with E-state index < -0.39 is 0 Å². The Kier molecular flexibility index (Phi) is 6.03. The molecule has 0 aliphatic heterocycles. The van der Waals surface area contributed by atoms with Gasteiger partial charge in [0.05, 0.1) is 26.7 Å². The summed E-state index contributed by atoms with van der Waals surface area (Å²) in [7, 11) is 1.51. The van der Waals surface area contributed by atoms with E-state index >= 15 is 0 Å². The molecule has 0 fully saturated rings. The van der Waals surface area contributed by atoms with Crippen LogP contribution in [-0.2, 0) is 0 Å². The lowest BCUT2D eigenvalue weighted by Gasteiger charge is -2.11. The molecule has 8 heteroatoms. The number of nitrogens with zero attached hydrogens (tertiary/aromatic N) is 1. The highest BCUT2D eigenvalue weighted by molar-refractivity contribution is 7.99. The number of halogens is 3. The highest BCUT2D eigenvalue weighted by atomic mass is 35.5. The molecule has 0 saturated carbocycles. The fourth-order valence-corrected chi connectivity index (χ4v) is 3.53.